The molecule has 1 aromatic rings. The minimum absolute atomic E-state index is 0.0410. The van der Waals surface area contributed by atoms with Crippen molar-refractivity contribution in [3.63, 3.8) is 0 Å². The molecule has 2 aliphatic heterocycles. The Balaban J connectivity index is 1.51. The molecule has 2 fully saturated rings. The number of carbonyl (C=O) groups is 1. The van der Waals surface area contributed by atoms with E-state index in [9.17, 15) is 13.2 Å². The largest absolute Gasteiger partial charge is 0.494 e. The van der Waals surface area contributed by atoms with Crippen LogP contribution in [0.1, 0.15) is 53.9 Å². The number of rotatable bonds is 8. The zero-order chi connectivity index (χ0) is 24.2. The van der Waals surface area contributed by atoms with E-state index < -0.39 is 10.0 Å². The maximum absolute atomic E-state index is 13.0. The first-order chi connectivity index (χ1) is 15.5. The summed E-state index contributed by atoms with van der Waals surface area (Å²) in [6, 6.07) is 6.54. The second-order valence-corrected chi connectivity index (χ2v) is 12.4. The van der Waals surface area contributed by atoms with Gasteiger partial charge in [0.1, 0.15) is 5.75 Å². The second kappa shape index (κ2) is 10.7. The summed E-state index contributed by atoms with van der Waals surface area (Å²) in [5.74, 6) is 1.89. The number of ether oxygens (including phenoxy) is 1. The molecule has 0 spiro atoms. The van der Waals surface area contributed by atoms with Gasteiger partial charge in [0.05, 0.1) is 11.5 Å². The molecule has 7 nitrogen and oxygen atoms in total. The van der Waals surface area contributed by atoms with Crippen molar-refractivity contribution in [2.45, 2.75) is 64.3 Å². The number of amides is 1. The highest BCUT2D eigenvalue weighted by Gasteiger charge is 2.35. The van der Waals surface area contributed by atoms with Gasteiger partial charge >= 0.3 is 0 Å². The van der Waals surface area contributed by atoms with E-state index >= 15 is 0 Å². The molecular formula is C25H41N3O4S. The lowest BCUT2D eigenvalue weighted by Gasteiger charge is -2.45. The quantitative estimate of drug-likeness (QED) is 0.619. The Bertz CT molecular complexity index is 883. The highest BCUT2D eigenvalue weighted by atomic mass is 32.2. The van der Waals surface area contributed by atoms with Crippen LogP contribution in [0.4, 0.5) is 0 Å². The molecule has 2 unspecified atom stereocenters. The van der Waals surface area contributed by atoms with Crippen LogP contribution in [0.3, 0.4) is 0 Å². The number of hydrogen-bond donors (Lipinski definition) is 1. The normalized spacial score (nSPS) is 23.9. The Kier molecular flexibility index (Phi) is 8.45. The molecule has 2 saturated heterocycles. The van der Waals surface area contributed by atoms with Crippen LogP contribution in [0.25, 0.3) is 0 Å². The summed E-state index contributed by atoms with van der Waals surface area (Å²) >= 11 is 0. The molecule has 1 N–H and O–H groups in total. The van der Waals surface area contributed by atoms with Gasteiger partial charge in [0.25, 0.3) is 0 Å². The van der Waals surface area contributed by atoms with E-state index in [1.54, 1.807) is 24.3 Å². The van der Waals surface area contributed by atoms with Gasteiger partial charge in [-0.3, -0.25) is 9.69 Å². The van der Waals surface area contributed by atoms with Crippen LogP contribution in [-0.4, -0.2) is 68.4 Å². The third-order valence-electron chi connectivity index (χ3n) is 7.02. The SMILES string of the molecule is CCOc1ccc(S(=O)(=O)N2CCC(C(=O)NCC(C)(C)N3CC(C)CC(C)C3)CC2)cc1. The number of hydrogen-bond acceptors (Lipinski definition) is 5. The predicted octanol–water partition coefficient (Wildman–Crippen LogP) is 3.36. The van der Waals surface area contributed by atoms with Gasteiger partial charge in [-0.05, 0) is 76.1 Å². The number of carbonyl (C=O) groups excluding carboxylic acids is 1. The zero-order valence-electron chi connectivity index (χ0n) is 20.8. The molecule has 33 heavy (non-hydrogen) atoms. The summed E-state index contributed by atoms with van der Waals surface area (Å²) in [6.07, 6.45) is 2.34. The van der Waals surface area contributed by atoms with E-state index in [2.05, 4.69) is 37.9 Å². The Hall–Kier alpha value is -1.64. The van der Waals surface area contributed by atoms with Crippen molar-refractivity contribution in [3.05, 3.63) is 24.3 Å². The van der Waals surface area contributed by atoms with Crippen LogP contribution >= 0.6 is 0 Å². The molecule has 1 amide bonds. The highest BCUT2D eigenvalue weighted by molar-refractivity contribution is 7.89. The summed E-state index contributed by atoms with van der Waals surface area (Å²) in [4.78, 5) is 15.6. The molecule has 2 atom stereocenters. The predicted molar refractivity (Wildman–Crippen MR) is 131 cm³/mol. The Morgan fingerprint density at radius 3 is 2.21 bits per heavy atom. The van der Waals surface area contributed by atoms with Gasteiger partial charge in [-0.15, -0.1) is 0 Å². The van der Waals surface area contributed by atoms with E-state index in [0.29, 0.717) is 56.7 Å². The average Bonchev–Trinajstić information content (AvgIpc) is 2.77. The summed E-state index contributed by atoms with van der Waals surface area (Å²) in [7, 11) is -3.56. The van der Waals surface area contributed by atoms with Crippen molar-refractivity contribution >= 4 is 15.9 Å². The molecule has 0 radical (unpaired) electrons. The van der Waals surface area contributed by atoms with E-state index in [1.807, 2.05) is 6.92 Å². The van der Waals surface area contributed by atoms with E-state index in [4.69, 9.17) is 4.74 Å². The van der Waals surface area contributed by atoms with Gasteiger partial charge in [-0.2, -0.15) is 4.31 Å². The minimum atomic E-state index is -3.56. The number of nitrogens with one attached hydrogen (secondary N) is 1. The maximum Gasteiger partial charge on any atom is 0.243 e. The number of piperidine rings is 2. The fourth-order valence-corrected chi connectivity index (χ4v) is 6.57. The lowest BCUT2D eigenvalue weighted by Crippen LogP contribution is -2.56. The van der Waals surface area contributed by atoms with Crippen LogP contribution in [0.2, 0.25) is 0 Å². The Morgan fingerprint density at radius 1 is 1.09 bits per heavy atom. The van der Waals surface area contributed by atoms with Gasteiger partial charge in [-0.1, -0.05) is 13.8 Å². The fourth-order valence-electron chi connectivity index (χ4n) is 5.10. The average molecular weight is 480 g/mol. The number of benzene rings is 1. The third kappa shape index (κ3) is 6.49. The first-order valence-corrected chi connectivity index (χ1v) is 13.7. The lowest BCUT2D eigenvalue weighted by molar-refractivity contribution is -0.126. The summed E-state index contributed by atoms with van der Waals surface area (Å²) in [5.41, 5.74) is -0.101. The van der Waals surface area contributed by atoms with Crippen molar-refractivity contribution in [3.8, 4) is 5.75 Å². The lowest BCUT2D eigenvalue weighted by atomic mass is 9.88. The fraction of sp³-hybridized carbons (Fsp3) is 0.720. The molecule has 0 aliphatic carbocycles. The monoisotopic (exact) mass is 479 g/mol. The van der Waals surface area contributed by atoms with Crippen molar-refractivity contribution in [2.75, 3.05) is 39.3 Å². The van der Waals surface area contributed by atoms with Gasteiger partial charge in [0.2, 0.25) is 15.9 Å². The number of likely N-dealkylation sites (tertiary alicyclic amines) is 1. The van der Waals surface area contributed by atoms with Crippen molar-refractivity contribution < 1.29 is 17.9 Å². The van der Waals surface area contributed by atoms with Crippen LogP contribution in [0.5, 0.6) is 5.75 Å². The summed E-state index contributed by atoms with van der Waals surface area (Å²) in [5, 5.41) is 3.16. The zero-order valence-corrected chi connectivity index (χ0v) is 21.7. The van der Waals surface area contributed by atoms with Gasteiger partial charge in [0.15, 0.2) is 0 Å². The summed E-state index contributed by atoms with van der Waals surface area (Å²) < 4.78 is 32.9. The molecule has 2 aliphatic rings. The van der Waals surface area contributed by atoms with Gasteiger partial charge < -0.3 is 10.1 Å². The minimum Gasteiger partial charge on any atom is -0.494 e. The molecule has 0 saturated carbocycles. The molecule has 186 valence electrons. The molecule has 1 aromatic carbocycles. The van der Waals surface area contributed by atoms with Gasteiger partial charge in [0, 0.05) is 44.2 Å². The first kappa shape index (κ1) is 26.0. The maximum atomic E-state index is 13.0. The standard InChI is InChI=1S/C25H41N3O4S/c1-6-32-22-7-9-23(10-8-22)33(30,31)28-13-11-21(12-14-28)24(29)26-18-25(4,5)27-16-19(2)15-20(3)17-27/h7-10,19-21H,6,11-18H2,1-5H3,(H,26,29). The second-order valence-electron chi connectivity index (χ2n) is 10.5. The van der Waals surface area contributed by atoms with Crippen LogP contribution in [0.15, 0.2) is 29.2 Å². The first-order valence-electron chi connectivity index (χ1n) is 12.3. The van der Waals surface area contributed by atoms with E-state index in [0.717, 1.165) is 13.1 Å². The highest BCUT2D eigenvalue weighted by Crippen LogP contribution is 2.28. The van der Waals surface area contributed by atoms with Crippen LogP contribution in [-0.2, 0) is 14.8 Å². The van der Waals surface area contributed by atoms with Crippen molar-refractivity contribution in [1.29, 1.82) is 0 Å². The molecule has 8 heteroatoms. The van der Waals surface area contributed by atoms with Crippen LogP contribution < -0.4 is 10.1 Å². The Labute approximate surface area is 199 Å². The number of nitrogens with zero attached hydrogens (tertiary/aromatic N) is 2. The molecule has 0 bridgehead atoms. The molecule has 3 rings (SSSR count). The molecule has 0 aromatic heterocycles. The third-order valence-corrected chi connectivity index (χ3v) is 8.93. The van der Waals surface area contributed by atoms with Gasteiger partial charge in [-0.25, -0.2) is 8.42 Å². The van der Waals surface area contributed by atoms with Crippen molar-refractivity contribution in [2.24, 2.45) is 17.8 Å². The molecule has 2 heterocycles. The van der Waals surface area contributed by atoms with Crippen molar-refractivity contribution in [1.82, 2.24) is 14.5 Å². The summed E-state index contributed by atoms with van der Waals surface area (Å²) in [6.45, 7) is 14.9. The Morgan fingerprint density at radius 2 is 1.67 bits per heavy atom. The van der Waals surface area contributed by atoms with E-state index in [1.165, 1.54) is 10.7 Å². The smallest absolute Gasteiger partial charge is 0.243 e. The number of sulfonamides is 1. The topological polar surface area (TPSA) is 79.0 Å². The van der Waals surface area contributed by atoms with Crippen LogP contribution in [0, 0.1) is 17.8 Å². The molecular weight excluding hydrogens is 438 g/mol. The van der Waals surface area contributed by atoms with E-state index in [-0.39, 0.29) is 22.3 Å².